The number of anilines is 1. The lowest BCUT2D eigenvalue weighted by Crippen LogP contribution is -2.42. The number of nitrogens with one attached hydrogen (secondary N) is 1. The predicted molar refractivity (Wildman–Crippen MR) is 135 cm³/mol. The van der Waals surface area contributed by atoms with Crippen molar-refractivity contribution in [3.8, 4) is 17.2 Å². The van der Waals surface area contributed by atoms with Crippen molar-refractivity contribution in [2.75, 3.05) is 24.8 Å². The van der Waals surface area contributed by atoms with Gasteiger partial charge in [0.2, 0.25) is 12.7 Å². The molecule has 7 nitrogen and oxygen atoms in total. The highest BCUT2D eigenvalue weighted by Crippen LogP contribution is 2.55. The van der Waals surface area contributed by atoms with E-state index in [0.29, 0.717) is 35.9 Å². The number of para-hydroxylation sites is 1. The number of nitrogens with zero attached hydrogens (tertiary/aromatic N) is 1. The quantitative estimate of drug-likeness (QED) is 0.498. The van der Waals surface area contributed by atoms with Gasteiger partial charge in [0.15, 0.2) is 11.5 Å². The fourth-order valence-corrected chi connectivity index (χ4v) is 5.39. The summed E-state index contributed by atoms with van der Waals surface area (Å²) in [6.45, 7) is 3.53. The summed E-state index contributed by atoms with van der Waals surface area (Å²) in [5.41, 5.74) is 3.11. The molecule has 3 aromatic carbocycles. The zero-order valence-electron chi connectivity index (χ0n) is 20.2. The summed E-state index contributed by atoms with van der Waals surface area (Å²) in [6.07, 6.45) is 3.16. The molecule has 0 radical (unpaired) electrons. The second-order valence-corrected chi connectivity index (χ2v) is 9.47. The molecule has 0 aliphatic carbocycles. The van der Waals surface area contributed by atoms with E-state index >= 15 is 0 Å². The van der Waals surface area contributed by atoms with Crippen molar-refractivity contribution in [3.63, 3.8) is 0 Å². The maximum Gasteiger partial charge on any atom is 0.251 e. The molecule has 184 valence electrons. The van der Waals surface area contributed by atoms with Gasteiger partial charge in [-0.15, -0.1) is 0 Å². The summed E-state index contributed by atoms with van der Waals surface area (Å²) in [5, 5.41) is 2.99. The average molecular weight is 485 g/mol. The van der Waals surface area contributed by atoms with Crippen molar-refractivity contribution in [2.24, 2.45) is 0 Å². The Balaban J connectivity index is 1.31. The van der Waals surface area contributed by atoms with Crippen LogP contribution in [0.5, 0.6) is 17.2 Å². The van der Waals surface area contributed by atoms with Crippen molar-refractivity contribution in [3.05, 3.63) is 82.9 Å². The molecule has 3 aromatic rings. The van der Waals surface area contributed by atoms with Gasteiger partial charge in [-0.25, -0.2) is 0 Å². The summed E-state index contributed by atoms with van der Waals surface area (Å²) >= 11 is 0. The van der Waals surface area contributed by atoms with Crippen LogP contribution in [-0.4, -0.2) is 31.8 Å². The zero-order chi connectivity index (χ0) is 24.7. The van der Waals surface area contributed by atoms with Gasteiger partial charge >= 0.3 is 0 Å². The van der Waals surface area contributed by atoms with Gasteiger partial charge in [0.25, 0.3) is 5.91 Å². The van der Waals surface area contributed by atoms with Crippen LogP contribution < -0.4 is 24.4 Å². The zero-order valence-corrected chi connectivity index (χ0v) is 20.2. The molecule has 3 aliphatic rings. The highest BCUT2D eigenvalue weighted by Gasteiger charge is 2.57. The van der Waals surface area contributed by atoms with Gasteiger partial charge in [-0.05, 0) is 41.8 Å². The van der Waals surface area contributed by atoms with E-state index in [1.54, 1.807) is 4.90 Å². The molecule has 1 atom stereocenters. The SMILES string of the molecule is CCCCCNC(=O)c1cccc(CN2C(=O)C3(COc4cc5c(cc43)OCO5)c3ccccc32)c1. The van der Waals surface area contributed by atoms with Crippen LogP contribution in [0.15, 0.2) is 60.7 Å². The molecular formula is C29H28N2O5. The van der Waals surface area contributed by atoms with E-state index in [1.165, 1.54) is 0 Å². The third-order valence-electron chi connectivity index (χ3n) is 7.24. The largest absolute Gasteiger partial charge is 0.491 e. The van der Waals surface area contributed by atoms with Crippen LogP contribution in [0.2, 0.25) is 0 Å². The Morgan fingerprint density at radius 2 is 1.78 bits per heavy atom. The van der Waals surface area contributed by atoms with E-state index in [-0.39, 0.29) is 25.2 Å². The Morgan fingerprint density at radius 1 is 0.944 bits per heavy atom. The first kappa shape index (κ1) is 22.5. The number of hydrogen-bond acceptors (Lipinski definition) is 5. The Hall–Kier alpha value is -4.00. The summed E-state index contributed by atoms with van der Waals surface area (Å²) in [6, 6.07) is 19.0. The Labute approximate surface area is 210 Å². The van der Waals surface area contributed by atoms with Crippen LogP contribution in [0.25, 0.3) is 0 Å². The molecule has 0 bridgehead atoms. The number of fused-ring (bicyclic) bond motifs is 5. The summed E-state index contributed by atoms with van der Waals surface area (Å²) in [5.74, 6) is 1.76. The van der Waals surface area contributed by atoms with E-state index in [9.17, 15) is 9.59 Å². The maximum atomic E-state index is 14.2. The molecule has 36 heavy (non-hydrogen) atoms. The number of unbranched alkanes of at least 4 members (excludes halogenated alkanes) is 2. The van der Waals surface area contributed by atoms with Gasteiger partial charge in [0, 0.05) is 29.4 Å². The van der Waals surface area contributed by atoms with Crippen LogP contribution >= 0.6 is 0 Å². The smallest absolute Gasteiger partial charge is 0.251 e. The van der Waals surface area contributed by atoms with E-state index < -0.39 is 5.41 Å². The lowest BCUT2D eigenvalue weighted by atomic mass is 9.77. The second kappa shape index (κ2) is 8.90. The first-order valence-electron chi connectivity index (χ1n) is 12.5. The lowest BCUT2D eigenvalue weighted by molar-refractivity contribution is -0.122. The maximum absolute atomic E-state index is 14.2. The van der Waals surface area contributed by atoms with Crippen LogP contribution in [0.3, 0.4) is 0 Å². The fraction of sp³-hybridized carbons (Fsp3) is 0.310. The molecule has 1 N–H and O–H groups in total. The van der Waals surface area contributed by atoms with Gasteiger partial charge in [-0.2, -0.15) is 0 Å². The van der Waals surface area contributed by atoms with Gasteiger partial charge in [0.1, 0.15) is 17.8 Å². The van der Waals surface area contributed by atoms with Crippen LogP contribution in [0.4, 0.5) is 5.69 Å². The molecule has 1 spiro atoms. The van der Waals surface area contributed by atoms with E-state index in [1.807, 2.05) is 60.7 Å². The van der Waals surface area contributed by atoms with Crippen LogP contribution in [0.1, 0.15) is 53.2 Å². The molecular weight excluding hydrogens is 456 g/mol. The Morgan fingerprint density at radius 3 is 2.64 bits per heavy atom. The van der Waals surface area contributed by atoms with Crippen LogP contribution in [-0.2, 0) is 16.8 Å². The molecule has 6 rings (SSSR count). The summed E-state index contributed by atoms with van der Waals surface area (Å²) in [4.78, 5) is 28.6. The minimum absolute atomic E-state index is 0.0456. The minimum atomic E-state index is -0.943. The topological polar surface area (TPSA) is 77.1 Å². The third-order valence-corrected chi connectivity index (χ3v) is 7.24. The van der Waals surface area contributed by atoms with Crippen molar-refractivity contribution in [1.29, 1.82) is 0 Å². The first-order valence-corrected chi connectivity index (χ1v) is 12.5. The number of carbonyl (C=O) groups is 2. The van der Waals surface area contributed by atoms with E-state index in [4.69, 9.17) is 14.2 Å². The van der Waals surface area contributed by atoms with Crippen molar-refractivity contribution < 1.29 is 23.8 Å². The highest BCUT2D eigenvalue weighted by atomic mass is 16.7. The molecule has 3 aliphatic heterocycles. The molecule has 3 heterocycles. The predicted octanol–water partition coefficient (Wildman–Crippen LogP) is 4.56. The number of hydrogen-bond donors (Lipinski definition) is 1. The molecule has 1 unspecified atom stereocenters. The Bertz CT molecular complexity index is 1350. The molecule has 2 amide bonds. The minimum Gasteiger partial charge on any atom is -0.491 e. The monoisotopic (exact) mass is 484 g/mol. The van der Waals surface area contributed by atoms with Gasteiger partial charge in [-0.1, -0.05) is 50.1 Å². The standard InChI is InChI=1S/C29H28N2O5/c1-2-3-6-12-30-27(32)20-9-7-8-19(13-20)16-31-23-11-5-4-10-21(23)29(28(31)33)17-34-24-15-26-25(14-22(24)29)35-18-36-26/h4-5,7-11,13-15H,2-3,6,12,16-18H2,1H3,(H,30,32). The number of ether oxygens (including phenoxy) is 3. The van der Waals surface area contributed by atoms with Crippen molar-refractivity contribution >= 4 is 17.5 Å². The highest BCUT2D eigenvalue weighted by molar-refractivity contribution is 6.11. The summed E-state index contributed by atoms with van der Waals surface area (Å²) in [7, 11) is 0. The van der Waals surface area contributed by atoms with Gasteiger partial charge in [-0.3, -0.25) is 9.59 Å². The van der Waals surface area contributed by atoms with E-state index in [2.05, 4.69) is 12.2 Å². The van der Waals surface area contributed by atoms with E-state index in [0.717, 1.165) is 41.6 Å². The molecule has 0 aromatic heterocycles. The first-order chi connectivity index (χ1) is 17.6. The lowest BCUT2D eigenvalue weighted by Gasteiger charge is -2.23. The number of amides is 2. The van der Waals surface area contributed by atoms with Crippen LogP contribution in [0, 0.1) is 0 Å². The average Bonchev–Trinajstić information content (AvgIpc) is 3.58. The molecule has 7 heteroatoms. The second-order valence-electron chi connectivity index (χ2n) is 9.47. The third kappa shape index (κ3) is 3.49. The van der Waals surface area contributed by atoms with Crippen molar-refractivity contribution in [2.45, 2.75) is 38.1 Å². The molecule has 0 saturated carbocycles. The van der Waals surface area contributed by atoms with Gasteiger partial charge in [0.05, 0.1) is 6.54 Å². The van der Waals surface area contributed by atoms with Gasteiger partial charge < -0.3 is 24.4 Å². The molecule has 0 fully saturated rings. The van der Waals surface area contributed by atoms with Crippen molar-refractivity contribution in [1.82, 2.24) is 5.32 Å². The Kier molecular flexibility index (Phi) is 5.55. The fourth-order valence-electron chi connectivity index (χ4n) is 5.39. The molecule has 0 saturated heterocycles. The normalized spacial score (nSPS) is 18.8. The number of rotatable bonds is 7. The number of benzene rings is 3. The number of carbonyl (C=O) groups excluding carboxylic acids is 2. The summed E-state index contributed by atoms with van der Waals surface area (Å²) < 4.78 is 17.2.